The first-order valence-corrected chi connectivity index (χ1v) is 6.22. The molecule has 2 atom stereocenters. The summed E-state index contributed by atoms with van der Waals surface area (Å²) in [7, 11) is 0. The Morgan fingerprint density at radius 1 is 1.35 bits per heavy atom. The van der Waals surface area contributed by atoms with E-state index in [0.717, 1.165) is 12.8 Å². The molecule has 0 N–H and O–H groups in total. The predicted molar refractivity (Wildman–Crippen MR) is 63.4 cm³/mol. The van der Waals surface area contributed by atoms with Crippen LogP contribution in [0.2, 0.25) is 0 Å². The second kappa shape index (κ2) is 5.62. The molecule has 0 radical (unpaired) electrons. The molecule has 2 rings (SSSR count). The summed E-state index contributed by atoms with van der Waals surface area (Å²) in [5, 5.41) is 8.64. The lowest BCUT2D eigenvalue weighted by molar-refractivity contribution is 0.0854. The molecule has 1 aromatic rings. The van der Waals surface area contributed by atoms with E-state index in [1.165, 1.54) is 25.5 Å². The van der Waals surface area contributed by atoms with Crippen LogP contribution in [0.4, 0.5) is 0 Å². The summed E-state index contributed by atoms with van der Waals surface area (Å²) in [5.74, 6) is 1.16. The third-order valence-electron chi connectivity index (χ3n) is 3.38. The summed E-state index contributed by atoms with van der Waals surface area (Å²) in [6.45, 7) is 2.21. The van der Waals surface area contributed by atoms with Crippen molar-refractivity contribution in [2.45, 2.75) is 45.1 Å². The van der Waals surface area contributed by atoms with E-state index >= 15 is 0 Å². The van der Waals surface area contributed by atoms with E-state index in [9.17, 15) is 0 Å². The van der Waals surface area contributed by atoms with E-state index in [1.54, 1.807) is 6.20 Å². The van der Waals surface area contributed by atoms with Gasteiger partial charge in [0, 0.05) is 0 Å². The minimum atomic E-state index is 0.260. The molecule has 2 unspecified atom stereocenters. The first-order chi connectivity index (χ1) is 8.33. The van der Waals surface area contributed by atoms with Gasteiger partial charge in [-0.3, -0.25) is 0 Å². The standard InChI is InChI=1S/C13H17N3O/c1-2-10-5-3-4-6-12(10)17-13-9-15-11(7-14)8-16-13/h8-10,12H,2-6H2,1H3. The normalized spacial score (nSPS) is 24.0. The van der Waals surface area contributed by atoms with E-state index in [4.69, 9.17) is 10.00 Å². The van der Waals surface area contributed by atoms with Crippen molar-refractivity contribution in [3.05, 3.63) is 18.1 Å². The van der Waals surface area contributed by atoms with Crippen LogP contribution in [0, 0.1) is 17.2 Å². The zero-order chi connectivity index (χ0) is 12.1. The molecule has 1 heterocycles. The monoisotopic (exact) mass is 231 g/mol. The van der Waals surface area contributed by atoms with Gasteiger partial charge in [-0.15, -0.1) is 0 Å². The number of nitriles is 1. The van der Waals surface area contributed by atoms with Gasteiger partial charge in [0.2, 0.25) is 5.88 Å². The zero-order valence-electron chi connectivity index (χ0n) is 10.1. The van der Waals surface area contributed by atoms with Crippen LogP contribution >= 0.6 is 0 Å². The van der Waals surface area contributed by atoms with Crippen LogP contribution in [0.25, 0.3) is 0 Å². The number of hydrogen-bond acceptors (Lipinski definition) is 4. The SMILES string of the molecule is CCC1CCCCC1Oc1cnc(C#N)cn1. The van der Waals surface area contributed by atoms with Gasteiger partial charge < -0.3 is 4.74 Å². The highest BCUT2D eigenvalue weighted by atomic mass is 16.5. The van der Waals surface area contributed by atoms with Gasteiger partial charge in [0.1, 0.15) is 12.2 Å². The molecule has 0 saturated heterocycles. The van der Waals surface area contributed by atoms with Crippen LogP contribution in [-0.4, -0.2) is 16.1 Å². The Hall–Kier alpha value is -1.63. The van der Waals surface area contributed by atoms with Crippen molar-refractivity contribution in [1.29, 1.82) is 5.26 Å². The molecule has 0 amide bonds. The number of aromatic nitrogens is 2. The first-order valence-electron chi connectivity index (χ1n) is 6.22. The van der Waals surface area contributed by atoms with E-state index in [1.807, 2.05) is 6.07 Å². The van der Waals surface area contributed by atoms with Crippen LogP contribution in [0.3, 0.4) is 0 Å². The van der Waals surface area contributed by atoms with Crippen LogP contribution in [0.15, 0.2) is 12.4 Å². The molecule has 0 aromatic carbocycles. The Labute approximate surface area is 102 Å². The Bertz CT molecular complexity index is 396. The van der Waals surface area contributed by atoms with Gasteiger partial charge >= 0.3 is 0 Å². The number of rotatable bonds is 3. The highest BCUT2D eigenvalue weighted by molar-refractivity contribution is 5.18. The molecule has 17 heavy (non-hydrogen) atoms. The molecular formula is C13H17N3O. The van der Waals surface area contributed by atoms with Crippen molar-refractivity contribution in [2.24, 2.45) is 5.92 Å². The molecule has 0 spiro atoms. The smallest absolute Gasteiger partial charge is 0.232 e. The molecule has 4 nitrogen and oxygen atoms in total. The highest BCUT2D eigenvalue weighted by Gasteiger charge is 2.25. The summed E-state index contributed by atoms with van der Waals surface area (Å²) < 4.78 is 5.88. The summed E-state index contributed by atoms with van der Waals surface area (Å²) >= 11 is 0. The molecule has 0 bridgehead atoms. The Balaban J connectivity index is 2.01. The molecule has 1 aliphatic rings. The van der Waals surface area contributed by atoms with E-state index < -0.39 is 0 Å². The molecule has 90 valence electrons. The number of ether oxygens (including phenoxy) is 1. The largest absolute Gasteiger partial charge is 0.473 e. The summed E-state index contributed by atoms with van der Waals surface area (Å²) in [5.41, 5.74) is 0.327. The van der Waals surface area contributed by atoms with Crippen molar-refractivity contribution < 1.29 is 4.74 Å². The molecule has 4 heteroatoms. The van der Waals surface area contributed by atoms with E-state index in [2.05, 4.69) is 16.9 Å². The molecule has 0 aliphatic heterocycles. The fourth-order valence-corrected chi connectivity index (χ4v) is 2.39. The van der Waals surface area contributed by atoms with Crippen molar-refractivity contribution in [3.63, 3.8) is 0 Å². The average molecular weight is 231 g/mol. The van der Waals surface area contributed by atoms with Gasteiger partial charge in [0.25, 0.3) is 0 Å². The molecule has 1 fully saturated rings. The maximum absolute atomic E-state index is 8.64. The van der Waals surface area contributed by atoms with Gasteiger partial charge in [0.15, 0.2) is 5.69 Å². The minimum absolute atomic E-state index is 0.260. The first kappa shape index (κ1) is 11.8. The van der Waals surface area contributed by atoms with Gasteiger partial charge in [0.05, 0.1) is 12.4 Å². The van der Waals surface area contributed by atoms with Gasteiger partial charge in [-0.05, 0) is 31.6 Å². The van der Waals surface area contributed by atoms with Crippen LogP contribution in [0.5, 0.6) is 5.88 Å². The van der Waals surface area contributed by atoms with Gasteiger partial charge in [-0.2, -0.15) is 5.26 Å². The predicted octanol–water partition coefficient (Wildman–Crippen LogP) is 2.70. The van der Waals surface area contributed by atoms with Crippen molar-refractivity contribution in [3.8, 4) is 11.9 Å². The third kappa shape index (κ3) is 2.94. The van der Waals surface area contributed by atoms with Crippen LogP contribution in [0.1, 0.15) is 44.7 Å². The second-order valence-electron chi connectivity index (χ2n) is 4.46. The molecule has 1 aromatic heterocycles. The third-order valence-corrected chi connectivity index (χ3v) is 3.38. The van der Waals surface area contributed by atoms with Crippen LogP contribution < -0.4 is 4.74 Å². The van der Waals surface area contributed by atoms with Crippen molar-refractivity contribution >= 4 is 0 Å². The maximum atomic E-state index is 8.64. The lowest BCUT2D eigenvalue weighted by atomic mass is 9.85. The highest BCUT2D eigenvalue weighted by Crippen LogP contribution is 2.29. The van der Waals surface area contributed by atoms with Crippen molar-refractivity contribution in [1.82, 2.24) is 9.97 Å². The lowest BCUT2D eigenvalue weighted by Gasteiger charge is -2.30. The summed E-state index contributed by atoms with van der Waals surface area (Å²) in [4.78, 5) is 8.07. The lowest BCUT2D eigenvalue weighted by Crippen LogP contribution is -2.30. The number of hydrogen-bond donors (Lipinski definition) is 0. The number of nitrogens with zero attached hydrogens (tertiary/aromatic N) is 3. The quantitative estimate of drug-likeness (QED) is 0.802. The Morgan fingerprint density at radius 3 is 2.82 bits per heavy atom. The minimum Gasteiger partial charge on any atom is -0.473 e. The second-order valence-corrected chi connectivity index (χ2v) is 4.46. The molecule has 1 saturated carbocycles. The van der Waals surface area contributed by atoms with Crippen molar-refractivity contribution in [2.75, 3.05) is 0 Å². The zero-order valence-corrected chi connectivity index (χ0v) is 10.1. The Kier molecular flexibility index (Phi) is 3.92. The topological polar surface area (TPSA) is 58.8 Å². The summed E-state index contributed by atoms with van der Waals surface area (Å²) in [6.07, 6.45) is 9.27. The fraction of sp³-hybridized carbons (Fsp3) is 0.615. The van der Waals surface area contributed by atoms with Gasteiger partial charge in [-0.1, -0.05) is 13.3 Å². The van der Waals surface area contributed by atoms with Gasteiger partial charge in [-0.25, -0.2) is 9.97 Å². The van der Waals surface area contributed by atoms with E-state index in [-0.39, 0.29) is 6.10 Å². The summed E-state index contributed by atoms with van der Waals surface area (Å²) in [6, 6.07) is 1.95. The molecule has 1 aliphatic carbocycles. The van der Waals surface area contributed by atoms with E-state index in [0.29, 0.717) is 17.5 Å². The molecular weight excluding hydrogens is 214 g/mol. The maximum Gasteiger partial charge on any atom is 0.232 e. The average Bonchev–Trinajstić information content (AvgIpc) is 2.40. The fourth-order valence-electron chi connectivity index (χ4n) is 2.39. The van der Waals surface area contributed by atoms with Crippen LogP contribution in [-0.2, 0) is 0 Å². The Morgan fingerprint density at radius 2 is 2.18 bits per heavy atom.